The van der Waals surface area contributed by atoms with Crippen LogP contribution in [0, 0.1) is 11.8 Å². The summed E-state index contributed by atoms with van der Waals surface area (Å²) < 4.78 is 4.98. The van der Waals surface area contributed by atoms with Crippen molar-refractivity contribution in [1.82, 2.24) is 0 Å². The Bertz CT molecular complexity index is 236. The lowest BCUT2D eigenvalue weighted by molar-refractivity contribution is -0.146. The molecule has 2 N–H and O–H groups in total. The number of carbonyl (C=O) groups is 2. The zero-order valence-corrected chi connectivity index (χ0v) is 10.7. The summed E-state index contributed by atoms with van der Waals surface area (Å²) in [5.41, 5.74) is 5.63. The molecule has 0 aliphatic rings. The fourth-order valence-electron chi connectivity index (χ4n) is 1.06. The second kappa shape index (κ2) is 7.39. The van der Waals surface area contributed by atoms with Gasteiger partial charge in [-0.15, -0.1) is 0 Å². The molecule has 16 heavy (non-hydrogen) atoms. The van der Waals surface area contributed by atoms with Crippen molar-refractivity contribution in [2.75, 3.05) is 6.61 Å². The molecule has 4 heteroatoms. The van der Waals surface area contributed by atoms with E-state index in [4.69, 9.17) is 10.5 Å². The highest BCUT2D eigenvalue weighted by Gasteiger charge is 2.17. The van der Waals surface area contributed by atoms with Crippen LogP contribution in [0.2, 0.25) is 0 Å². The third kappa shape index (κ3) is 6.56. The van der Waals surface area contributed by atoms with Crippen LogP contribution in [0.4, 0.5) is 0 Å². The van der Waals surface area contributed by atoms with Crippen molar-refractivity contribution in [3.8, 4) is 0 Å². The van der Waals surface area contributed by atoms with E-state index < -0.39 is 12.0 Å². The second-order valence-electron chi connectivity index (χ2n) is 4.79. The molecule has 1 unspecified atom stereocenters. The van der Waals surface area contributed by atoms with Gasteiger partial charge < -0.3 is 10.5 Å². The van der Waals surface area contributed by atoms with Crippen LogP contribution in [-0.2, 0) is 14.3 Å². The van der Waals surface area contributed by atoms with Crippen molar-refractivity contribution in [1.29, 1.82) is 0 Å². The molecule has 0 radical (unpaired) electrons. The van der Waals surface area contributed by atoms with Crippen molar-refractivity contribution >= 4 is 11.8 Å². The maximum Gasteiger partial charge on any atom is 0.322 e. The SMILES string of the molecule is CC(C)COC(=O)C(N)CCC(=O)C(C)C. The molecular weight excluding hydrogens is 206 g/mol. The lowest BCUT2D eigenvalue weighted by atomic mass is 10.0. The van der Waals surface area contributed by atoms with Crippen LogP contribution >= 0.6 is 0 Å². The number of ketones is 1. The number of hydrogen-bond acceptors (Lipinski definition) is 4. The van der Waals surface area contributed by atoms with Crippen molar-refractivity contribution in [3.05, 3.63) is 0 Å². The molecule has 0 aromatic carbocycles. The van der Waals surface area contributed by atoms with Gasteiger partial charge in [0.25, 0.3) is 0 Å². The Kier molecular flexibility index (Phi) is 6.97. The first-order valence-corrected chi connectivity index (χ1v) is 5.79. The molecule has 0 heterocycles. The van der Waals surface area contributed by atoms with E-state index in [0.717, 1.165) is 0 Å². The fraction of sp³-hybridized carbons (Fsp3) is 0.833. The third-order valence-corrected chi connectivity index (χ3v) is 2.21. The molecule has 0 aliphatic carbocycles. The monoisotopic (exact) mass is 229 g/mol. The average Bonchev–Trinajstić information content (AvgIpc) is 2.21. The number of Topliss-reactive ketones (excluding diaryl/α,β-unsaturated/α-hetero) is 1. The lowest BCUT2D eigenvalue weighted by Crippen LogP contribution is -2.33. The Labute approximate surface area is 97.5 Å². The van der Waals surface area contributed by atoms with E-state index in [2.05, 4.69) is 0 Å². The molecular formula is C12H23NO3. The predicted octanol–water partition coefficient (Wildman–Crippen LogP) is 1.52. The first-order valence-electron chi connectivity index (χ1n) is 5.79. The summed E-state index contributed by atoms with van der Waals surface area (Å²) in [5, 5.41) is 0. The second-order valence-corrected chi connectivity index (χ2v) is 4.79. The van der Waals surface area contributed by atoms with Crippen LogP contribution in [0.1, 0.15) is 40.5 Å². The lowest BCUT2D eigenvalue weighted by Gasteiger charge is -2.13. The molecule has 0 amide bonds. The standard InChI is InChI=1S/C12H23NO3/c1-8(2)7-16-12(15)10(13)5-6-11(14)9(3)4/h8-10H,5-7,13H2,1-4H3. The average molecular weight is 229 g/mol. The first kappa shape index (κ1) is 15.1. The number of esters is 1. The first-order chi connectivity index (χ1) is 7.34. The fourth-order valence-corrected chi connectivity index (χ4v) is 1.06. The minimum Gasteiger partial charge on any atom is -0.464 e. The summed E-state index contributed by atoms with van der Waals surface area (Å²) in [6.07, 6.45) is 0.712. The maximum atomic E-state index is 11.4. The Morgan fingerprint density at radius 3 is 2.19 bits per heavy atom. The van der Waals surface area contributed by atoms with Gasteiger partial charge in [-0.2, -0.15) is 0 Å². The van der Waals surface area contributed by atoms with Crippen molar-refractivity contribution < 1.29 is 14.3 Å². The minimum absolute atomic E-state index is 0.00103. The van der Waals surface area contributed by atoms with Crippen LogP contribution in [0.25, 0.3) is 0 Å². The number of carbonyl (C=O) groups excluding carboxylic acids is 2. The van der Waals surface area contributed by atoms with Gasteiger partial charge in [0.2, 0.25) is 0 Å². The van der Waals surface area contributed by atoms with E-state index in [0.29, 0.717) is 25.4 Å². The molecule has 94 valence electrons. The number of ether oxygens (including phenoxy) is 1. The molecule has 0 rings (SSSR count). The van der Waals surface area contributed by atoms with Crippen LogP contribution in [0.3, 0.4) is 0 Å². The highest BCUT2D eigenvalue weighted by Crippen LogP contribution is 2.05. The molecule has 0 bridgehead atoms. The molecule has 1 atom stereocenters. The van der Waals surface area contributed by atoms with Gasteiger partial charge in [0.15, 0.2) is 0 Å². The molecule has 0 saturated heterocycles. The van der Waals surface area contributed by atoms with Crippen LogP contribution in [0.5, 0.6) is 0 Å². The van der Waals surface area contributed by atoms with E-state index >= 15 is 0 Å². The molecule has 0 aromatic rings. The molecule has 0 spiro atoms. The van der Waals surface area contributed by atoms with Crippen LogP contribution < -0.4 is 5.73 Å². The summed E-state index contributed by atoms with van der Waals surface area (Å²) in [4.78, 5) is 22.7. The van der Waals surface area contributed by atoms with Gasteiger partial charge in [0.05, 0.1) is 6.61 Å². The zero-order chi connectivity index (χ0) is 12.7. The number of rotatable bonds is 7. The minimum atomic E-state index is -0.679. The summed E-state index contributed by atoms with van der Waals surface area (Å²) in [6, 6.07) is -0.679. The summed E-state index contributed by atoms with van der Waals surface area (Å²) in [5.74, 6) is 0.0182. The third-order valence-electron chi connectivity index (χ3n) is 2.21. The normalized spacial score (nSPS) is 12.9. The summed E-state index contributed by atoms with van der Waals surface area (Å²) >= 11 is 0. The molecule has 0 fully saturated rings. The number of hydrogen-bond donors (Lipinski definition) is 1. The van der Waals surface area contributed by atoms with Gasteiger partial charge in [-0.05, 0) is 12.3 Å². The van der Waals surface area contributed by atoms with E-state index in [9.17, 15) is 9.59 Å². The smallest absolute Gasteiger partial charge is 0.322 e. The van der Waals surface area contributed by atoms with Crippen molar-refractivity contribution in [2.45, 2.75) is 46.6 Å². The maximum absolute atomic E-state index is 11.4. The molecule has 0 aromatic heterocycles. The highest BCUT2D eigenvalue weighted by molar-refractivity contribution is 5.81. The largest absolute Gasteiger partial charge is 0.464 e. The van der Waals surface area contributed by atoms with Gasteiger partial charge in [0, 0.05) is 12.3 Å². The Balaban J connectivity index is 3.83. The van der Waals surface area contributed by atoms with Gasteiger partial charge >= 0.3 is 5.97 Å². The van der Waals surface area contributed by atoms with Gasteiger partial charge in [-0.1, -0.05) is 27.7 Å². The van der Waals surface area contributed by atoms with E-state index in [1.165, 1.54) is 0 Å². The zero-order valence-electron chi connectivity index (χ0n) is 10.7. The molecule has 0 saturated carbocycles. The summed E-state index contributed by atoms with van der Waals surface area (Å²) in [6.45, 7) is 7.97. The molecule has 4 nitrogen and oxygen atoms in total. The Hall–Kier alpha value is -0.900. The highest BCUT2D eigenvalue weighted by atomic mass is 16.5. The number of nitrogens with two attached hydrogens (primary N) is 1. The van der Waals surface area contributed by atoms with E-state index in [1.54, 1.807) is 0 Å². The van der Waals surface area contributed by atoms with Crippen LogP contribution in [0.15, 0.2) is 0 Å². The van der Waals surface area contributed by atoms with Crippen LogP contribution in [-0.4, -0.2) is 24.4 Å². The molecule has 0 aliphatic heterocycles. The Morgan fingerprint density at radius 1 is 1.19 bits per heavy atom. The summed E-state index contributed by atoms with van der Waals surface area (Å²) in [7, 11) is 0. The quantitative estimate of drug-likeness (QED) is 0.672. The van der Waals surface area contributed by atoms with E-state index in [1.807, 2.05) is 27.7 Å². The van der Waals surface area contributed by atoms with Gasteiger partial charge in [-0.25, -0.2) is 0 Å². The van der Waals surface area contributed by atoms with E-state index in [-0.39, 0.29) is 11.7 Å². The van der Waals surface area contributed by atoms with Gasteiger partial charge in [0.1, 0.15) is 11.8 Å². The topological polar surface area (TPSA) is 69.4 Å². The van der Waals surface area contributed by atoms with Gasteiger partial charge in [-0.3, -0.25) is 9.59 Å². The van der Waals surface area contributed by atoms with Crippen molar-refractivity contribution in [2.24, 2.45) is 17.6 Å². The predicted molar refractivity (Wildman–Crippen MR) is 62.9 cm³/mol. The van der Waals surface area contributed by atoms with Crippen molar-refractivity contribution in [3.63, 3.8) is 0 Å². The Morgan fingerprint density at radius 2 is 1.75 bits per heavy atom.